The zero-order valence-corrected chi connectivity index (χ0v) is 26.0. The molecular formula is C35H54N4. The van der Waals surface area contributed by atoms with Crippen molar-refractivity contribution in [2.75, 3.05) is 32.5 Å². The third-order valence-electron chi connectivity index (χ3n) is 5.80. The molecule has 0 saturated heterocycles. The van der Waals surface area contributed by atoms with Crippen LogP contribution in [0.2, 0.25) is 0 Å². The predicted octanol–water partition coefficient (Wildman–Crippen LogP) is 8.47. The molecule has 0 aliphatic carbocycles. The average Bonchev–Trinajstić information content (AvgIpc) is 3.28. The highest BCUT2D eigenvalue weighted by atomic mass is 15.0. The predicted molar refractivity (Wildman–Crippen MR) is 178 cm³/mol. The summed E-state index contributed by atoms with van der Waals surface area (Å²) in [5, 5.41) is 9.73. The maximum absolute atomic E-state index is 4.25. The summed E-state index contributed by atoms with van der Waals surface area (Å²) in [4.78, 5) is 0. The number of terminal acetylenes is 1. The van der Waals surface area contributed by atoms with Crippen LogP contribution in [0.1, 0.15) is 61.2 Å². The number of hydrogen-bond donors (Lipinski definition) is 3. The first kappa shape index (κ1) is 37.5. The summed E-state index contributed by atoms with van der Waals surface area (Å²) >= 11 is 0. The van der Waals surface area contributed by atoms with Gasteiger partial charge < -0.3 is 20.5 Å². The van der Waals surface area contributed by atoms with Crippen molar-refractivity contribution in [1.29, 1.82) is 0 Å². The number of aryl methyl sites for hydroxylation is 3. The largest absolute Gasteiger partial charge is 0.388 e. The van der Waals surface area contributed by atoms with Crippen molar-refractivity contribution in [1.82, 2.24) is 15.2 Å². The summed E-state index contributed by atoms with van der Waals surface area (Å²) in [6, 6.07) is 19.2. The van der Waals surface area contributed by atoms with Crippen LogP contribution in [0.5, 0.6) is 0 Å². The van der Waals surface area contributed by atoms with Crippen molar-refractivity contribution in [2.24, 2.45) is 0 Å². The number of nitrogens with one attached hydrogen (secondary N) is 3. The van der Waals surface area contributed by atoms with Gasteiger partial charge in [0.2, 0.25) is 0 Å². The van der Waals surface area contributed by atoms with Gasteiger partial charge in [-0.15, -0.1) is 26.0 Å². The fourth-order valence-electron chi connectivity index (χ4n) is 3.89. The van der Waals surface area contributed by atoms with Crippen LogP contribution in [0.15, 0.2) is 74.3 Å². The number of hydrogen-bond acceptors (Lipinski definition) is 3. The van der Waals surface area contributed by atoms with Crippen LogP contribution in [0.3, 0.4) is 0 Å². The molecule has 0 aliphatic rings. The standard InChI is InChI=1S/C21H31N3.C8H11N.C2H6.C2H4.C2H2/c1-16-10-9-11-20(14-16)24-17(2)15-21(19(24)4)18(3)23-13-8-6-7-12-22-5;1-7-3-5-8(9-2)6-4-7;3*1-2/h9-11,14-15,22-23H,3,6-8,12-13H2,1-2,4-5H3;3-6,9H,1-2H3;1-2H3;1-2H2;1-2H. The lowest BCUT2D eigenvalue weighted by Gasteiger charge is -2.12. The fraction of sp³-hybridized carbons (Fsp3) is 0.371. The molecule has 3 rings (SSSR count). The molecule has 39 heavy (non-hydrogen) atoms. The smallest absolute Gasteiger partial charge is 0.0457 e. The molecular weight excluding hydrogens is 476 g/mol. The van der Waals surface area contributed by atoms with E-state index >= 15 is 0 Å². The average molecular weight is 531 g/mol. The molecule has 0 aliphatic heterocycles. The first-order valence-corrected chi connectivity index (χ1v) is 13.8. The van der Waals surface area contributed by atoms with Gasteiger partial charge >= 0.3 is 0 Å². The van der Waals surface area contributed by atoms with E-state index in [0.29, 0.717) is 0 Å². The minimum Gasteiger partial charge on any atom is -0.388 e. The molecule has 1 aromatic heterocycles. The van der Waals surface area contributed by atoms with Gasteiger partial charge in [0, 0.05) is 47.6 Å². The molecule has 2 aromatic carbocycles. The molecule has 0 bridgehead atoms. The van der Waals surface area contributed by atoms with Gasteiger partial charge in [-0.25, -0.2) is 0 Å². The van der Waals surface area contributed by atoms with E-state index in [0.717, 1.165) is 18.8 Å². The maximum Gasteiger partial charge on any atom is 0.0457 e. The van der Waals surface area contributed by atoms with Gasteiger partial charge in [-0.3, -0.25) is 0 Å². The topological polar surface area (TPSA) is 41.0 Å². The Bertz CT molecular complexity index is 1060. The number of aromatic nitrogens is 1. The molecule has 4 nitrogen and oxygen atoms in total. The minimum absolute atomic E-state index is 0.983. The molecule has 0 saturated carbocycles. The quantitative estimate of drug-likeness (QED) is 0.140. The summed E-state index contributed by atoms with van der Waals surface area (Å²) in [6.45, 7) is 24.9. The number of anilines is 1. The molecule has 0 amide bonds. The first-order chi connectivity index (χ1) is 18.9. The zero-order valence-electron chi connectivity index (χ0n) is 26.0. The summed E-state index contributed by atoms with van der Waals surface area (Å²) in [6.07, 6.45) is 11.6. The van der Waals surface area contributed by atoms with Crippen LogP contribution in [0.25, 0.3) is 11.4 Å². The second kappa shape index (κ2) is 23.4. The Balaban J connectivity index is 0. The normalized spacial score (nSPS) is 9.08. The van der Waals surface area contributed by atoms with Crippen LogP contribution in [0.4, 0.5) is 5.69 Å². The highest BCUT2D eigenvalue weighted by Gasteiger charge is 2.12. The lowest BCUT2D eigenvalue weighted by Crippen LogP contribution is -2.14. The summed E-state index contributed by atoms with van der Waals surface area (Å²) in [5.41, 5.74) is 9.68. The second-order valence-electron chi connectivity index (χ2n) is 8.64. The summed E-state index contributed by atoms with van der Waals surface area (Å²) in [7, 11) is 3.93. The number of unbranched alkanes of at least 4 members (excludes halogenated alkanes) is 2. The fourth-order valence-corrected chi connectivity index (χ4v) is 3.89. The Kier molecular flexibility index (Phi) is 22.5. The van der Waals surface area contributed by atoms with Crippen molar-refractivity contribution >= 4 is 11.4 Å². The van der Waals surface area contributed by atoms with E-state index in [1.54, 1.807) is 0 Å². The Morgan fingerprint density at radius 1 is 0.795 bits per heavy atom. The molecule has 0 atom stereocenters. The Morgan fingerprint density at radius 3 is 1.92 bits per heavy atom. The van der Waals surface area contributed by atoms with Gasteiger partial charge in [0.15, 0.2) is 0 Å². The SMILES string of the molecule is C#C.C=C.C=C(NCCCCCNC)c1cc(C)n(-c2cccc(C)c2)c1C.CC.CNc1ccc(C)cc1. The van der Waals surface area contributed by atoms with Gasteiger partial charge in [-0.1, -0.05) is 56.7 Å². The van der Waals surface area contributed by atoms with Crippen molar-refractivity contribution in [2.45, 2.75) is 60.8 Å². The van der Waals surface area contributed by atoms with Gasteiger partial charge in [0.05, 0.1) is 0 Å². The summed E-state index contributed by atoms with van der Waals surface area (Å²) < 4.78 is 2.31. The van der Waals surface area contributed by atoms with Gasteiger partial charge in [0.25, 0.3) is 0 Å². The highest BCUT2D eigenvalue weighted by molar-refractivity contribution is 5.66. The molecule has 0 radical (unpaired) electrons. The number of nitrogens with zero attached hydrogens (tertiary/aromatic N) is 1. The Labute approximate surface area is 240 Å². The van der Waals surface area contributed by atoms with Gasteiger partial charge in [-0.05, 0) is 90.0 Å². The third kappa shape index (κ3) is 14.2. The maximum atomic E-state index is 4.25. The van der Waals surface area contributed by atoms with Crippen LogP contribution < -0.4 is 16.0 Å². The molecule has 0 unspecified atom stereocenters. The number of rotatable bonds is 10. The lowest BCUT2D eigenvalue weighted by molar-refractivity contribution is 0.631. The summed E-state index contributed by atoms with van der Waals surface area (Å²) in [5.74, 6) is 0. The van der Waals surface area contributed by atoms with E-state index in [1.165, 1.54) is 58.7 Å². The molecule has 1 heterocycles. The number of benzene rings is 2. The zero-order chi connectivity index (χ0) is 30.2. The lowest BCUT2D eigenvalue weighted by atomic mass is 10.1. The Hall–Kier alpha value is -3.68. The second-order valence-corrected chi connectivity index (χ2v) is 8.64. The Morgan fingerprint density at radius 2 is 1.38 bits per heavy atom. The van der Waals surface area contributed by atoms with Crippen LogP contribution in [0, 0.1) is 40.5 Å². The minimum atomic E-state index is 0.983. The van der Waals surface area contributed by atoms with Crippen molar-refractivity contribution in [3.63, 3.8) is 0 Å². The van der Waals surface area contributed by atoms with Gasteiger partial charge in [0.1, 0.15) is 0 Å². The molecule has 4 heteroatoms. The van der Waals surface area contributed by atoms with Gasteiger partial charge in [-0.2, -0.15) is 0 Å². The van der Waals surface area contributed by atoms with E-state index in [-0.39, 0.29) is 0 Å². The van der Waals surface area contributed by atoms with E-state index < -0.39 is 0 Å². The molecule has 214 valence electrons. The van der Waals surface area contributed by atoms with Crippen LogP contribution >= 0.6 is 0 Å². The molecule has 0 fully saturated rings. The van der Waals surface area contributed by atoms with Crippen molar-refractivity contribution in [3.8, 4) is 18.5 Å². The van der Waals surface area contributed by atoms with Crippen LogP contribution in [-0.4, -0.2) is 31.8 Å². The molecule has 3 N–H and O–H groups in total. The third-order valence-corrected chi connectivity index (χ3v) is 5.80. The van der Waals surface area contributed by atoms with E-state index in [2.05, 4.69) is 135 Å². The van der Waals surface area contributed by atoms with E-state index in [1.807, 2.05) is 27.9 Å². The monoisotopic (exact) mass is 530 g/mol. The molecule has 0 spiro atoms. The van der Waals surface area contributed by atoms with Crippen molar-refractivity contribution in [3.05, 3.63) is 102 Å². The van der Waals surface area contributed by atoms with Crippen molar-refractivity contribution < 1.29 is 0 Å². The molecule has 3 aromatic rings. The van der Waals surface area contributed by atoms with E-state index in [9.17, 15) is 0 Å². The highest BCUT2D eigenvalue weighted by Crippen LogP contribution is 2.25. The first-order valence-electron chi connectivity index (χ1n) is 13.8. The van der Waals surface area contributed by atoms with Crippen LogP contribution in [-0.2, 0) is 0 Å². The van der Waals surface area contributed by atoms with E-state index in [4.69, 9.17) is 0 Å².